The van der Waals surface area contributed by atoms with Crippen LogP contribution in [-0.4, -0.2) is 17.1 Å². The number of ether oxygens (including phenoxy) is 1. The van der Waals surface area contributed by atoms with Crippen LogP contribution in [0.4, 0.5) is 14.5 Å². The fourth-order valence-corrected chi connectivity index (χ4v) is 1.80. The van der Waals surface area contributed by atoms with Crippen LogP contribution in [0, 0.1) is 11.6 Å². The Hall–Kier alpha value is -2.47. The third kappa shape index (κ3) is 4.02. The number of anilines is 1. The van der Waals surface area contributed by atoms with E-state index in [9.17, 15) is 13.6 Å². The van der Waals surface area contributed by atoms with Crippen LogP contribution in [0.2, 0.25) is 0 Å². The van der Waals surface area contributed by atoms with E-state index in [4.69, 9.17) is 9.84 Å². The summed E-state index contributed by atoms with van der Waals surface area (Å²) >= 11 is 0. The smallest absolute Gasteiger partial charge is 0.265 e. The zero-order valence-corrected chi connectivity index (χ0v) is 11.8. The Morgan fingerprint density at radius 2 is 2.00 bits per heavy atom. The molecule has 2 aromatic rings. The van der Waals surface area contributed by atoms with E-state index in [1.807, 2.05) is 0 Å². The van der Waals surface area contributed by atoms with Crippen molar-refractivity contribution < 1.29 is 23.4 Å². The molecule has 22 heavy (non-hydrogen) atoms. The second kappa shape index (κ2) is 7.00. The van der Waals surface area contributed by atoms with E-state index >= 15 is 0 Å². The fraction of sp³-hybridized carbons (Fsp3) is 0.188. The second-order valence-corrected chi connectivity index (χ2v) is 4.68. The van der Waals surface area contributed by atoms with Crippen LogP contribution in [0.15, 0.2) is 42.5 Å². The van der Waals surface area contributed by atoms with E-state index < -0.39 is 23.6 Å². The quantitative estimate of drug-likeness (QED) is 0.893. The van der Waals surface area contributed by atoms with Crippen molar-refractivity contribution in [3.63, 3.8) is 0 Å². The largest absolute Gasteiger partial charge is 0.481 e. The first-order valence-electron chi connectivity index (χ1n) is 6.62. The number of rotatable bonds is 5. The molecular weight excluding hydrogens is 292 g/mol. The van der Waals surface area contributed by atoms with E-state index in [0.717, 1.165) is 12.1 Å². The summed E-state index contributed by atoms with van der Waals surface area (Å²) in [5.41, 5.74) is 1.17. The van der Waals surface area contributed by atoms with Gasteiger partial charge >= 0.3 is 0 Å². The van der Waals surface area contributed by atoms with Crippen molar-refractivity contribution in [2.75, 3.05) is 5.32 Å². The lowest BCUT2D eigenvalue weighted by Gasteiger charge is -2.15. The van der Waals surface area contributed by atoms with Gasteiger partial charge in [-0.1, -0.05) is 12.1 Å². The summed E-state index contributed by atoms with van der Waals surface area (Å²) in [5.74, 6) is -2.41. The predicted molar refractivity (Wildman–Crippen MR) is 77.4 cm³/mol. The number of hydrogen-bond donors (Lipinski definition) is 2. The van der Waals surface area contributed by atoms with Crippen molar-refractivity contribution in [1.29, 1.82) is 0 Å². The van der Waals surface area contributed by atoms with Crippen molar-refractivity contribution in [1.82, 2.24) is 0 Å². The average molecular weight is 307 g/mol. The molecule has 116 valence electrons. The van der Waals surface area contributed by atoms with Crippen LogP contribution in [0.3, 0.4) is 0 Å². The molecule has 6 heteroatoms. The van der Waals surface area contributed by atoms with Crippen molar-refractivity contribution in [3.05, 3.63) is 59.7 Å². The van der Waals surface area contributed by atoms with Crippen molar-refractivity contribution in [2.24, 2.45) is 0 Å². The molecule has 2 N–H and O–H groups in total. The molecule has 1 unspecified atom stereocenters. The van der Waals surface area contributed by atoms with E-state index in [0.29, 0.717) is 11.3 Å². The van der Waals surface area contributed by atoms with E-state index in [-0.39, 0.29) is 12.4 Å². The highest BCUT2D eigenvalue weighted by Crippen LogP contribution is 2.17. The molecule has 1 atom stereocenters. The van der Waals surface area contributed by atoms with Crippen LogP contribution in [-0.2, 0) is 11.4 Å². The molecule has 0 radical (unpaired) electrons. The SMILES string of the molecule is CC(Oc1ccc(F)c(F)c1)C(=O)Nc1cccc(CO)c1. The molecule has 1 amide bonds. The maximum Gasteiger partial charge on any atom is 0.265 e. The van der Waals surface area contributed by atoms with Gasteiger partial charge in [0.25, 0.3) is 5.91 Å². The first kappa shape index (κ1) is 15.9. The maximum absolute atomic E-state index is 13.1. The van der Waals surface area contributed by atoms with Gasteiger partial charge in [-0.2, -0.15) is 0 Å². The molecule has 0 aliphatic rings. The van der Waals surface area contributed by atoms with Crippen LogP contribution >= 0.6 is 0 Å². The van der Waals surface area contributed by atoms with Gasteiger partial charge in [0.1, 0.15) is 5.75 Å². The Kier molecular flexibility index (Phi) is 5.06. The zero-order valence-electron chi connectivity index (χ0n) is 11.8. The number of carbonyl (C=O) groups excluding carboxylic acids is 1. The van der Waals surface area contributed by atoms with Gasteiger partial charge < -0.3 is 15.2 Å². The molecule has 4 nitrogen and oxygen atoms in total. The van der Waals surface area contributed by atoms with E-state index in [1.54, 1.807) is 24.3 Å². The number of amides is 1. The van der Waals surface area contributed by atoms with E-state index in [1.165, 1.54) is 13.0 Å². The molecule has 0 spiro atoms. The van der Waals surface area contributed by atoms with Gasteiger partial charge in [0.15, 0.2) is 17.7 Å². The van der Waals surface area contributed by atoms with E-state index in [2.05, 4.69) is 5.32 Å². The van der Waals surface area contributed by atoms with Crippen molar-refractivity contribution in [3.8, 4) is 5.75 Å². The molecule has 0 aromatic heterocycles. The number of nitrogens with one attached hydrogen (secondary N) is 1. The molecule has 0 saturated carbocycles. The third-order valence-corrected chi connectivity index (χ3v) is 2.95. The van der Waals surface area contributed by atoms with Crippen LogP contribution in [0.25, 0.3) is 0 Å². The van der Waals surface area contributed by atoms with Gasteiger partial charge in [-0.25, -0.2) is 8.78 Å². The minimum Gasteiger partial charge on any atom is -0.481 e. The molecule has 2 aromatic carbocycles. The summed E-state index contributed by atoms with van der Waals surface area (Å²) in [6.07, 6.45) is -0.900. The van der Waals surface area contributed by atoms with Crippen molar-refractivity contribution >= 4 is 11.6 Å². The highest BCUT2D eigenvalue weighted by molar-refractivity contribution is 5.94. The minimum absolute atomic E-state index is 0.0608. The zero-order chi connectivity index (χ0) is 16.1. The Labute approximate surface area is 126 Å². The lowest BCUT2D eigenvalue weighted by Crippen LogP contribution is -2.30. The predicted octanol–water partition coefficient (Wildman–Crippen LogP) is 2.86. The first-order valence-corrected chi connectivity index (χ1v) is 6.62. The number of hydrogen-bond acceptors (Lipinski definition) is 3. The molecule has 0 aliphatic heterocycles. The van der Waals surface area contributed by atoms with Crippen LogP contribution in [0.1, 0.15) is 12.5 Å². The first-order chi connectivity index (χ1) is 10.5. The topological polar surface area (TPSA) is 58.6 Å². The summed E-state index contributed by atoms with van der Waals surface area (Å²) in [5, 5.41) is 11.7. The molecule has 0 bridgehead atoms. The highest BCUT2D eigenvalue weighted by atomic mass is 19.2. The van der Waals surface area contributed by atoms with Crippen LogP contribution in [0.5, 0.6) is 5.75 Å². The van der Waals surface area contributed by atoms with Gasteiger partial charge in [0, 0.05) is 11.8 Å². The van der Waals surface area contributed by atoms with Gasteiger partial charge in [0.05, 0.1) is 6.61 Å². The molecule has 0 aliphatic carbocycles. The number of aliphatic hydroxyl groups excluding tert-OH is 1. The summed E-state index contributed by atoms with van der Waals surface area (Å²) in [6, 6.07) is 9.77. The maximum atomic E-state index is 13.1. The molecular formula is C16H15F2NO3. The van der Waals surface area contributed by atoms with Gasteiger partial charge in [-0.3, -0.25) is 4.79 Å². The minimum atomic E-state index is -1.04. The van der Waals surface area contributed by atoms with Crippen LogP contribution < -0.4 is 10.1 Å². The molecule has 2 rings (SSSR count). The molecule has 0 saturated heterocycles. The fourth-order valence-electron chi connectivity index (χ4n) is 1.80. The lowest BCUT2D eigenvalue weighted by atomic mass is 10.2. The summed E-state index contributed by atoms with van der Waals surface area (Å²) < 4.78 is 31.2. The number of carbonyl (C=O) groups is 1. The summed E-state index contributed by atoms with van der Waals surface area (Å²) in [7, 11) is 0. The molecule has 0 heterocycles. The standard InChI is InChI=1S/C16H15F2NO3/c1-10(22-13-5-6-14(17)15(18)8-13)16(21)19-12-4-2-3-11(7-12)9-20/h2-8,10,20H,9H2,1H3,(H,19,21). The Bertz CT molecular complexity index is 676. The highest BCUT2D eigenvalue weighted by Gasteiger charge is 2.16. The molecule has 0 fully saturated rings. The summed E-state index contributed by atoms with van der Waals surface area (Å²) in [6.45, 7) is 1.36. The second-order valence-electron chi connectivity index (χ2n) is 4.68. The van der Waals surface area contributed by atoms with Gasteiger partial charge in [-0.15, -0.1) is 0 Å². The Morgan fingerprint density at radius 1 is 1.23 bits per heavy atom. The lowest BCUT2D eigenvalue weighted by molar-refractivity contribution is -0.122. The van der Waals surface area contributed by atoms with Crippen molar-refractivity contribution in [2.45, 2.75) is 19.6 Å². The Morgan fingerprint density at radius 3 is 2.68 bits per heavy atom. The average Bonchev–Trinajstić information content (AvgIpc) is 2.51. The monoisotopic (exact) mass is 307 g/mol. The third-order valence-electron chi connectivity index (χ3n) is 2.95. The van der Waals surface area contributed by atoms with Gasteiger partial charge in [0.2, 0.25) is 0 Å². The van der Waals surface area contributed by atoms with Gasteiger partial charge in [-0.05, 0) is 36.8 Å². The Balaban J connectivity index is 2.00. The summed E-state index contributed by atoms with van der Waals surface area (Å²) in [4.78, 5) is 12.0. The number of aliphatic hydroxyl groups is 1. The number of halogens is 2. The normalized spacial score (nSPS) is 11.8. The number of benzene rings is 2.